The third-order valence-corrected chi connectivity index (χ3v) is 3.71. The van der Waals surface area contributed by atoms with Gasteiger partial charge in [-0.25, -0.2) is 0 Å². The third kappa shape index (κ3) is 4.08. The van der Waals surface area contributed by atoms with Crippen LogP contribution in [0.25, 0.3) is 22.6 Å². The van der Waals surface area contributed by atoms with E-state index in [4.69, 9.17) is 0 Å². The smallest absolute Gasteiger partial charge is 0.0980 e. The molecule has 0 aliphatic carbocycles. The molecule has 4 aromatic heterocycles. The van der Waals surface area contributed by atoms with Crippen LogP contribution >= 0.6 is 11.3 Å². The summed E-state index contributed by atoms with van der Waals surface area (Å²) in [5.41, 5.74) is 3.62. The van der Waals surface area contributed by atoms with Crippen molar-refractivity contribution in [2.75, 3.05) is 0 Å². The highest BCUT2D eigenvalue weighted by atomic mass is 32.1. The van der Waals surface area contributed by atoms with Gasteiger partial charge in [0.15, 0.2) is 0 Å². The van der Waals surface area contributed by atoms with Gasteiger partial charge in [0, 0.05) is 24.2 Å². The minimum absolute atomic E-state index is 0.858. The van der Waals surface area contributed by atoms with E-state index >= 15 is 0 Å². The Hall–Kier alpha value is -2.85. The zero-order valence-electron chi connectivity index (χ0n) is 12.4. The summed E-state index contributed by atoms with van der Waals surface area (Å²) in [4.78, 5) is 13.1. The molecule has 112 valence electrons. The molecule has 4 heterocycles. The maximum Gasteiger partial charge on any atom is 0.0980 e. The first-order chi connectivity index (χ1) is 11.4. The highest BCUT2D eigenvalue weighted by Gasteiger charge is 2.09. The van der Waals surface area contributed by atoms with Crippen molar-refractivity contribution in [1.82, 2.24) is 15.0 Å². The zero-order chi connectivity index (χ0) is 15.7. The average Bonchev–Trinajstić information content (AvgIpc) is 3.23. The van der Waals surface area contributed by atoms with Gasteiger partial charge in [0.2, 0.25) is 0 Å². The van der Waals surface area contributed by atoms with Gasteiger partial charge in [-0.1, -0.05) is 24.3 Å². The molecule has 0 radical (unpaired) electrons. The number of hydrogen-bond acceptors (Lipinski definition) is 4. The molecular formula is C19H15N3S. The van der Waals surface area contributed by atoms with Crippen LogP contribution in [0, 0.1) is 0 Å². The first-order valence-electron chi connectivity index (χ1n) is 7.20. The van der Waals surface area contributed by atoms with Crippen LogP contribution in [-0.2, 0) is 0 Å². The van der Waals surface area contributed by atoms with E-state index in [2.05, 4.69) is 15.0 Å². The first kappa shape index (κ1) is 15.1. The molecule has 0 spiro atoms. The molecule has 0 atom stereocenters. The van der Waals surface area contributed by atoms with E-state index in [0.717, 1.165) is 22.6 Å². The molecule has 0 N–H and O–H groups in total. The zero-order valence-corrected chi connectivity index (χ0v) is 13.2. The minimum Gasteiger partial charge on any atom is -0.256 e. The standard InChI is InChI=1S/C15H11N3.C4H4S/c1-3-9-16-13(7-1)12-6-5-11-18-15(12)14-8-2-4-10-17-14;1-2-4-5-3-1/h1-11H;1-4H. The van der Waals surface area contributed by atoms with Gasteiger partial charge in [-0.15, -0.1) is 0 Å². The first-order valence-corrected chi connectivity index (χ1v) is 8.14. The van der Waals surface area contributed by atoms with Gasteiger partial charge < -0.3 is 0 Å². The van der Waals surface area contributed by atoms with Crippen LogP contribution in [0.2, 0.25) is 0 Å². The van der Waals surface area contributed by atoms with Crippen molar-refractivity contribution >= 4 is 11.3 Å². The van der Waals surface area contributed by atoms with Crippen LogP contribution < -0.4 is 0 Å². The lowest BCUT2D eigenvalue weighted by atomic mass is 10.1. The summed E-state index contributed by atoms with van der Waals surface area (Å²) in [5.74, 6) is 0. The molecule has 4 rings (SSSR count). The molecule has 0 amide bonds. The maximum atomic E-state index is 4.42. The second-order valence-electron chi connectivity index (χ2n) is 4.62. The lowest BCUT2D eigenvalue weighted by Gasteiger charge is -2.06. The molecule has 4 heteroatoms. The highest BCUT2D eigenvalue weighted by Crippen LogP contribution is 2.26. The van der Waals surface area contributed by atoms with E-state index in [1.165, 1.54) is 0 Å². The van der Waals surface area contributed by atoms with Gasteiger partial charge in [0.05, 0.1) is 17.1 Å². The Labute approximate surface area is 139 Å². The van der Waals surface area contributed by atoms with Crippen LogP contribution in [0.15, 0.2) is 90.0 Å². The van der Waals surface area contributed by atoms with Crippen LogP contribution in [0.4, 0.5) is 0 Å². The van der Waals surface area contributed by atoms with Gasteiger partial charge >= 0.3 is 0 Å². The lowest BCUT2D eigenvalue weighted by Crippen LogP contribution is -1.92. The monoisotopic (exact) mass is 317 g/mol. The summed E-state index contributed by atoms with van der Waals surface area (Å²) < 4.78 is 0. The number of rotatable bonds is 2. The molecule has 0 aliphatic heterocycles. The number of hydrogen-bond donors (Lipinski definition) is 0. The van der Waals surface area contributed by atoms with Gasteiger partial charge in [0.1, 0.15) is 0 Å². The quantitative estimate of drug-likeness (QED) is 0.525. The molecule has 23 heavy (non-hydrogen) atoms. The minimum atomic E-state index is 0.858. The molecule has 0 aromatic carbocycles. The summed E-state index contributed by atoms with van der Waals surface area (Å²) in [6.45, 7) is 0. The fourth-order valence-corrected chi connectivity index (χ4v) is 2.52. The number of thiophene rings is 1. The van der Waals surface area contributed by atoms with Crippen LogP contribution in [0.3, 0.4) is 0 Å². The molecule has 4 aromatic rings. The van der Waals surface area contributed by atoms with E-state index in [9.17, 15) is 0 Å². The molecule has 0 bridgehead atoms. The van der Waals surface area contributed by atoms with E-state index < -0.39 is 0 Å². The Morgan fingerprint density at radius 1 is 0.565 bits per heavy atom. The van der Waals surface area contributed by atoms with Gasteiger partial charge in [-0.2, -0.15) is 11.3 Å². The molecule has 3 nitrogen and oxygen atoms in total. The fraction of sp³-hybridized carbons (Fsp3) is 0. The Bertz CT molecular complexity index is 740. The Morgan fingerprint density at radius 2 is 1.22 bits per heavy atom. The topological polar surface area (TPSA) is 38.7 Å². The number of aromatic nitrogens is 3. The fourth-order valence-electron chi connectivity index (χ4n) is 2.07. The van der Waals surface area contributed by atoms with Crippen molar-refractivity contribution < 1.29 is 0 Å². The van der Waals surface area contributed by atoms with Crippen molar-refractivity contribution in [3.8, 4) is 22.6 Å². The number of pyridine rings is 3. The van der Waals surface area contributed by atoms with Crippen molar-refractivity contribution in [3.63, 3.8) is 0 Å². The Kier molecular flexibility index (Phi) is 5.21. The predicted molar refractivity (Wildman–Crippen MR) is 95.0 cm³/mol. The van der Waals surface area contributed by atoms with Crippen LogP contribution in [0.5, 0.6) is 0 Å². The highest BCUT2D eigenvalue weighted by molar-refractivity contribution is 7.07. The SMILES string of the molecule is c1ccc(-c2cccnc2-c2ccccn2)nc1.c1ccsc1. The van der Waals surface area contributed by atoms with Crippen molar-refractivity contribution in [1.29, 1.82) is 0 Å². The molecule has 0 aliphatic rings. The van der Waals surface area contributed by atoms with Crippen LogP contribution in [-0.4, -0.2) is 15.0 Å². The second-order valence-corrected chi connectivity index (χ2v) is 5.44. The largest absolute Gasteiger partial charge is 0.256 e. The Balaban J connectivity index is 0.000000267. The predicted octanol–water partition coefficient (Wildman–Crippen LogP) is 4.95. The summed E-state index contributed by atoms with van der Waals surface area (Å²) >= 11 is 1.71. The van der Waals surface area contributed by atoms with Crippen molar-refractivity contribution in [2.45, 2.75) is 0 Å². The van der Waals surface area contributed by atoms with Gasteiger partial charge in [-0.3, -0.25) is 15.0 Å². The summed E-state index contributed by atoms with van der Waals surface area (Å²) in [6, 6.07) is 19.6. The molecular weight excluding hydrogens is 302 g/mol. The van der Waals surface area contributed by atoms with Gasteiger partial charge in [-0.05, 0) is 47.2 Å². The second kappa shape index (κ2) is 7.96. The van der Waals surface area contributed by atoms with E-state index in [1.54, 1.807) is 29.9 Å². The molecule has 0 unspecified atom stereocenters. The summed E-state index contributed by atoms with van der Waals surface area (Å²) in [7, 11) is 0. The van der Waals surface area contributed by atoms with Crippen LogP contribution in [0.1, 0.15) is 0 Å². The lowest BCUT2D eigenvalue weighted by molar-refractivity contribution is 1.23. The molecule has 0 saturated heterocycles. The summed E-state index contributed by atoms with van der Waals surface area (Å²) in [6.07, 6.45) is 5.33. The van der Waals surface area contributed by atoms with E-state index in [-0.39, 0.29) is 0 Å². The summed E-state index contributed by atoms with van der Waals surface area (Å²) in [5, 5.41) is 4.08. The molecule has 0 saturated carbocycles. The third-order valence-electron chi connectivity index (χ3n) is 3.08. The Morgan fingerprint density at radius 3 is 1.78 bits per heavy atom. The number of nitrogens with zero attached hydrogens (tertiary/aromatic N) is 3. The normalized spacial score (nSPS) is 9.74. The van der Waals surface area contributed by atoms with Gasteiger partial charge in [0.25, 0.3) is 0 Å². The maximum absolute atomic E-state index is 4.42. The van der Waals surface area contributed by atoms with E-state index in [0.29, 0.717) is 0 Å². The van der Waals surface area contributed by atoms with E-state index in [1.807, 2.05) is 71.4 Å². The van der Waals surface area contributed by atoms with Crippen molar-refractivity contribution in [2.24, 2.45) is 0 Å². The van der Waals surface area contributed by atoms with Crippen molar-refractivity contribution in [3.05, 3.63) is 90.0 Å². The average molecular weight is 317 g/mol. The molecule has 0 fully saturated rings.